The topological polar surface area (TPSA) is 32.3 Å². The normalized spacial score (nSPS) is 16.6. The van der Waals surface area contributed by atoms with E-state index in [1.807, 2.05) is 26.5 Å². The molecule has 1 aliphatic heterocycles. The lowest BCUT2D eigenvalue weighted by Gasteiger charge is -2.32. The first-order valence-corrected chi connectivity index (χ1v) is 7.98. The second-order valence-electron chi connectivity index (χ2n) is 6.22. The second kappa shape index (κ2) is 6.88. The predicted molar refractivity (Wildman–Crippen MR) is 90.1 cm³/mol. The van der Waals surface area contributed by atoms with Crippen molar-refractivity contribution in [2.45, 2.75) is 25.3 Å². The Morgan fingerprint density at radius 2 is 1.82 bits per heavy atom. The van der Waals surface area contributed by atoms with Gasteiger partial charge in [-0.2, -0.15) is 0 Å². The van der Waals surface area contributed by atoms with E-state index in [0.717, 1.165) is 25.5 Å². The number of piperidine rings is 1. The molecule has 4 heteroatoms. The summed E-state index contributed by atoms with van der Waals surface area (Å²) >= 11 is 0. The van der Waals surface area contributed by atoms with E-state index in [1.54, 1.807) is 0 Å². The van der Waals surface area contributed by atoms with Crippen LogP contribution in [0.5, 0.6) is 0 Å². The van der Waals surface area contributed by atoms with Crippen LogP contribution < -0.4 is 4.90 Å². The number of rotatable bonds is 4. The molecular formula is C18H24N4. The van der Waals surface area contributed by atoms with E-state index in [1.165, 1.54) is 24.1 Å². The van der Waals surface area contributed by atoms with Crippen molar-refractivity contribution in [3.8, 4) is 0 Å². The summed E-state index contributed by atoms with van der Waals surface area (Å²) in [4.78, 5) is 13.5. The van der Waals surface area contributed by atoms with Crippen LogP contribution in [0.3, 0.4) is 0 Å². The van der Waals surface area contributed by atoms with Gasteiger partial charge in [0.2, 0.25) is 0 Å². The minimum Gasteiger partial charge on any atom is -0.363 e. The van der Waals surface area contributed by atoms with E-state index in [0.29, 0.717) is 5.92 Å². The zero-order valence-corrected chi connectivity index (χ0v) is 13.4. The molecule has 3 rings (SSSR count). The first kappa shape index (κ1) is 15.0. The smallest absolute Gasteiger partial charge is 0.128 e. The molecule has 0 saturated carbocycles. The van der Waals surface area contributed by atoms with Gasteiger partial charge in [0.1, 0.15) is 5.82 Å². The van der Waals surface area contributed by atoms with Gasteiger partial charge in [-0.25, -0.2) is 4.98 Å². The average Bonchev–Trinajstić information content (AvgIpc) is 2.56. The fourth-order valence-electron chi connectivity index (χ4n) is 3.05. The van der Waals surface area contributed by atoms with Crippen LogP contribution in [-0.2, 0) is 6.54 Å². The molecule has 0 radical (unpaired) electrons. The first-order chi connectivity index (χ1) is 10.7. The maximum absolute atomic E-state index is 4.80. The molecule has 116 valence electrons. The Bertz CT molecular complexity index is 589. The van der Waals surface area contributed by atoms with Gasteiger partial charge in [-0.1, -0.05) is 6.07 Å². The minimum atomic E-state index is 0.591. The van der Waals surface area contributed by atoms with Crippen molar-refractivity contribution in [2.75, 3.05) is 32.1 Å². The lowest BCUT2D eigenvalue weighted by molar-refractivity contribution is 0.203. The van der Waals surface area contributed by atoms with E-state index in [2.05, 4.69) is 45.1 Å². The maximum atomic E-state index is 4.80. The van der Waals surface area contributed by atoms with E-state index in [-0.39, 0.29) is 0 Å². The summed E-state index contributed by atoms with van der Waals surface area (Å²) in [6, 6.07) is 10.6. The van der Waals surface area contributed by atoms with E-state index in [9.17, 15) is 0 Å². The van der Waals surface area contributed by atoms with Crippen molar-refractivity contribution in [2.24, 2.45) is 0 Å². The number of likely N-dealkylation sites (tertiary alicyclic amines) is 1. The third-order valence-corrected chi connectivity index (χ3v) is 4.38. The summed E-state index contributed by atoms with van der Waals surface area (Å²) in [5, 5.41) is 0. The third kappa shape index (κ3) is 3.63. The Labute approximate surface area is 132 Å². The molecule has 0 aromatic carbocycles. The van der Waals surface area contributed by atoms with Crippen LogP contribution in [0.15, 0.2) is 42.7 Å². The Hall–Kier alpha value is -1.94. The molecule has 2 aromatic rings. The van der Waals surface area contributed by atoms with Crippen LogP contribution >= 0.6 is 0 Å². The summed E-state index contributed by atoms with van der Waals surface area (Å²) < 4.78 is 0. The van der Waals surface area contributed by atoms with Crippen LogP contribution in [0.4, 0.5) is 5.82 Å². The van der Waals surface area contributed by atoms with Gasteiger partial charge < -0.3 is 4.90 Å². The summed E-state index contributed by atoms with van der Waals surface area (Å²) in [7, 11) is 4.09. The standard InChI is InChI=1S/C18H24N4/c1-21(2)18-5-3-4-17(20-18)16-8-12-22(13-9-16)14-15-6-10-19-11-7-15/h3-7,10-11,16H,8-9,12-14H2,1-2H3. The molecule has 0 aliphatic carbocycles. The molecular weight excluding hydrogens is 272 g/mol. The lowest BCUT2D eigenvalue weighted by atomic mass is 9.93. The molecule has 0 spiro atoms. The van der Waals surface area contributed by atoms with Crippen LogP contribution in [0.2, 0.25) is 0 Å². The minimum absolute atomic E-state index is 0.591. The zero-order chi connectivity index (χ0) is 15.4. The van der Waals surface area contributed by atoms with Gasteiger partial charge in [0.15, 0.2) is 0 Å². The lowest BCUT2D eigenvalue weighted by Crippen LogP contribution is -2.32. The van der Waals surface area contributed by atoms with Gasteiger partial charge in [0.25, 0.3) is 0 Å². The van der Waals surface area contributed by atoms with Crippen molar-refractivity contribution < 1.29 is 0 Å². The molecule has 0 atom stereocenters. The fourth-order valence-corrected chi connectivity index (χ4v) is 3.05. The average molecular weight is 296 g/mol. The Morgan fingerprint density at radius 3 is 2.50 bits per heavy atom. The highest BCUT2D eigenvalue weighted by Gasteiger charge is 2.21. The number of hydrogen-bond acceptors (Lipinski definition) is 4. The first-order valence-electron chi connectivity index (χ1n) is 7.98. The highest BCUT2D eigenvalue weighted by molar-refractivity contribution is 5.37. The van der Waals surface area contributed by atoms with Crippen molar-refractivity contribution in [3.63, 3.8) is 0 Å². The molecule has 0 amide bonds. The molecule has 0 unspecified atom stereocenters. The molecule has 1 aliphatic rings. The fraction of sp³-hybridized carbons (Fsp3) is 0.444. The van der Waals surface area contributed by atoms with Crippen LogP contribution in [0, 0.1) is 0 Å². The van der Waals surface area contributed by atoms with Gasteiger partial charge in [0, 0.05) is 44.6 Å². The molecule has 1 fully saturated rings. The van der Waals surface area contributed by atoms with E-state index < -0.39 is 0 Å². The number of pyridine rings is 2. The van der Waals surface area contributed by atoms with Gasteiger partial charge in [-0.15, -0.1) is 0 Å². The monoisotopic (exact) mass is 296 g/mol. The van der Waals surface area contributed by atoms with Gasteiger partial charge in [0.05, 0.1) is 0 Å². The summed E-state index contributed by atoms with van der Waals surface area (Å²) in [5.74, 6) is 1.64. The predicted octanol–water partition coefficient (Wildman–Crippen LogP) is 2.92. The Balaban J connectivity index is 1.58. The van der Waals surface area contributed by atoms with Crippen LogP contribution in [0.1, 0.15) is 30.0 Å². The molecule has 3 heterocycles. The second-order valence-corrected chi connectivity index (χ2v) is 6.22. The quantitative estimate of drug-likeness (QED) is 0.868. The Kier molecular flexibility index (Phi) is 4.68. The van der Waals surface area contributed by atoms with E-state index >= 15 is 0 Å². The number of nitrogens with zero attached hydrogens (tertiary/aromatic N) is 4. The number of anilines is 1. The molecule has 1 saturated heterocycles. The summed E-state index contributed by atoms with van der Waals surface area (Å²) in [6.45, 7) is 3.31. The summed E-state index contributed by atoms with van der Waals surface area (Å²) in [5.41, 5.74) is 2.59. The number of hydrogen-bond donors (Lipinski definition) is 0. The van der Waals surface area contributed by atoms with Gasteiger partial charge in [-0.05, 0) is 55.8 Å². The molecule has 2 aromatic heterocycles. The van der Waals surface area contributed by atoms with E-state index in [4.69, 9.17) is 4.98 Å². The highest BCUT2D eigenvalue weighted by atomic mass is 15.1. The largest absolute Gasteiger partial charge is 0.363 e. The van der Waals surface area contributed by atoms with Gasteiger partial charge in [-0.3, -0.25) is 9.88 Å². The molecule has 22 heavy (non-hydrogen) atoms. The number of aromatic nitrogens is 2. The highest BCUT2D eigenvalue weighted by Crippen LogP contribution is 2.28. The van der Waals surface area contributed by atoms with Crippen LogP contribution in [0.25, 0.3) is 0 Å². The van der Waals surface area contributed by atoms with Crippen molar-refractivity contribution in [1.82, 2.24) is 14.9 Å². The van der Waals surface area contributed by atoms with Crippen molar-refractivity contribution >= 4 is 5.82 Å². The molecule has 0 N–H and O–H groups in total. The van der Waals surface area contributed by atoms with Crippen LogP contribution in [-0.4, -0.2) is 42.1 Å². The van der Waals surface area contributed by atoms with Crippen molar-refractivity contribution in [1.29, 1.82) is 0 Å². The molecule has 4 nitrogen and oxygen atoms in total. The van der Waals surface area contributed by atoms with Gasteiger partial charge >= 0.3 is 0 Å². The SMILES string of the molecule is CN(C)c1cccc(C2CCN(Cc3ccncc3)CC2)n1. The summed E-state index contributed by atoms with van der Waals surface area (Å²) in [6.07, 6.45) is 6.13. The van der Waals surface area contributed by atoms with Crippen molar-refractivity contribution in [3.05, 3.63) is 54.0 Å². The Morgan fingerprint density at radius 1 is 1.09 bits per heavy atom. The molecule has 0 bridgehead atoms. The maximum Gasteiger partial charge on any atom is 0.128 e. The zero-order valence-electron chi connectivity index (χ0n) is 13.4. The third-order valence-electron chi connectivity index (χ3n) is 4.38.